The van der Waals surface area contributed by atoms with Gasteiger partial charge in [-0.15, -0.1) is 0 Å². The van der Waals surface area contributed by atoms with Crippen LogP contribution in [-0.4, -0.2) is 15.0 Å². The van der Waals surface area contributed by atoms with Crippen molar-refractivity contribution in [2.75, 3.05) is 11.5 Å². The lowest BCUT2D eigenvalue weighted by atomic mass is 10.1. The van der Waals surface area contributed by atoms with Crippen LogP contribution < -0.4 is 16.2 Å². The lowest BCUT2D eigenvalue weighted by Crippen LogP contribution is -1.99. The SMILES string of the molecule is Nc1ccc2nc(-c3ccc(OCc4ccncc4)c(Cl)c3)nc(N)c2c1. The van der Waals surface area contributed by atoms with E-state index in [9.17, 15) is 0 Å². The van der Waals surface area contributed by atoms with E-state index >= 15 is 0 Å². The molecule has 0 aliphatic carbocycles. The highest BCUT2D eigenvalue weighted by Crippen LogP contribution is 2.31. The topological polar surface area (TPSA) is 99.9 Å². The van der Waals surface area contributed by atoms with Gasteiger partial charge in [0.15, 0.2) is 5.82 Å². The van der Waals surface area contributed by atoms with Crippen molar-refractivity contribution < 1.29 is 4.74 Å². The Morgan fingerprint density at radius 2 is 1.74 bits per heavy atom. The second-order valence-corrected chi connectivity index (χ2v) is 6.41. The molecular weight excluding hydrogens is 362 g/mol. The van der Waals surface area contributed by atoms with E-state index in [1.165, 1.54) is 0 Å². The van der Waals surface area contributed by atoms with Crippen LogP contribution in [-0.2, 0) is 6.61 Å². The maximum atomic E-state index is 6.38. The molecule has 0 spiro atoms. The maximum absolute atomic E-state index is 6.38. The molecule has 0 radical (unpaired) electrons. The van der Waals surface area contributed by atoms with Crippen LogP contribution in [0.15, 0.2) is 60.9 Å². The number of nitrogens with zero attached hydrogens (tertiary/aromatic N) is 3. The minimum Gasteiger partial charge on any atom is -0.487 e. The maximum Gasteiger partial charge on any atom is 0.162 e. The predicted molar refractivity (Wildman–Crippen MR) is 107 cm³/mol. The molecule has 2 aromatic carbocycles. The monoisotopic (exact) mass is 377 g/mol. The molecule has 4 rings (SSSR count). The molecule has 7 heteroatoms. The number of rotatable bonds is 4. The van der Waals surface area contributed by atoms with Gasteiger partial charge in [0.05, 0.1) is 10.5 Å². The van der Waals surface area contributed by atoms with Gasteiger partial charge in [-0.3, -0.25) is 4.98 Å². The molecule has 4 aromatic rings. The summed E-state index contributed by atoms with van der Waals surface area (Å²) in [5, 5.41) is 1.20. The van der Waals surface area contributed by atoms with Gasteiger partial charge >= 0.3 is 0 Å². The van der Waals surface area contributed by atoms with E-state index in [0.29, 0.717) is 34.7 Å². The molecule has 2 aromatic heterocycles. The molecular formula is C20H16ClN5O. The van der Waals surface area contributed by atoms with Crippen LogP contribution in [0.2, 0.25) is 5.02 Å². The number of fused-ring (bicyclic) bond motifs is 1. The lowest BCUT2D eigenvalue weighted by molar-refractivity contribution is 0.306. The third kappa shape index (κ3) is 3.61. The average molecular weight is 378 g/mol. The number of anilines is 2. The Hall–Kier alpha value is -3.38. The minimum absolute atomic E-state index is 0.372. The zero-order valence-corrected chi connectivity index (χ0v) is 15.0. The van der Waals surface area contributed by atoms with Crippen LogP contribution in [0.4, 0.5) is 11.5 Å². The largest absolute Gasteiger partial charge is 0.487 e. The summed E-state index contributed by atoms with van der Waals surface area (Å²) in [5.41, 5.74) is 15.0. The number of pyridine rings is 1. The van der Waals surface area contributed by atoms with Crippen molar-refractivity contribution in [1.82, 2.24) is 15.0 Å². The van der Waals surface area contributed by atoms with Crippen LogP contribution in [0, 0.1) is 0 Å². The van der Waals surface area contributed by atoms with Crippen molar-refractivity contribution in [2.45, 2.75) is 6.61 Å². The normalized spacial score (nSPS) is 10.9. The van der Waals surface area contributed by atoms with Gasteiger partial charge in [-0.2, -0.15) is 0 Å². The van der Waals surface area contributed by atoms with E-state index in [2.05, 4.69) is 15.0 Å². The lowest BCUT2D eigenvalue weighted by Gasteiger charge is -2.10. The molecule has 0 aliphatic heterocycles. The summed E-state index contributed by atoms with van der Waals surface area (Å²) < 4.78 is 5.78. The molecule has 0 atom stereocenters. The smallest absolute Gasteiger partial charge is 0.162 e. The Morgan fingerprint density at radius 3 is 2.52 bits per heavy atom. The molecule has 0 bridgehead atoms. The third-order valence-electron chi connectivity index (χ3n) is 4.08. The number of aromatic nitrogens is 3. The Labute approximate surface area is 160 Å². The molecule has 6 nitrogen and oxygen atoms in total. The van der Waals surface area contributed by atoms with Gasteiger partial charge < -0.3 is 16.2 Å². The quantitative estimate of drug-likeness (QED) is 0.519. The van der Waals surface area contributed by atoms with Gasteiger partial charge in [-0.05, 0) is 54.1 Å². The van der Waals surface area contributed by atoms with Crippen molar-refractivity contribution in [1.29, 1.82) is 0 Å². The average Bonchev–Trinajstić information content (AvgIpc) is 2.68. The van der Waals surface area contributed by atoms with Gasteiger partial charge in [0.1, 0.15) is 18.2 Å². The van der Waals surface area contributed by atoms with Gasteiger partial charge in [0.25, 0.3) is 0 Å². The van der Waals surface area contributed by atoms with Crippen molar-refractivity contribution in [3.05, 3.63) is 71.5 Å². The van der Waals surface area contributed by atoms with E-state index in [0.717, 1.165) is 22.0 Å². The van der Waals surface area contributed by atoms with E-state index in [4.69, 9.17) is 27.8 Å². The molecule has 2 heterocycles. The van der Waals surface area contributed by atoms with Gasteiger partial charge in [-0.25, -0.2) is 9.97 Å². The first-order valence-electron chi connectivity index (χ1n) is 8.24. The summed E-state index contributed by atoms with van der Waals surface area (Å²) in [6.07, 6.45) is 3.44. The second-order valence-electron chi connectivity index (χ2n) is 6.00. The van der Waals surface area contributed by atoms with Crippen LogP contribution in [0.1, 0.15) is 5.56 Å². The standard InChI is InChI=1S/C20H16ClN5O/c21-16-9-13(1-4-18(16)27-11-12-5-7-24-8-6-12)20-25-17-3-2-14(22)10-15(17)19(23)26-20/h1-10H,11,22H2,(H2,23,25,26). The first kappa shape index (κ1) is 17.1. The fraction of sp³-hybridized carbons (Fsp3) is 0.0500. The summed E-state index contributed by atoms with van der Waals surface area (Å²) in [6, 6.07) is 14.6. The number of nitrogens with two attached hydrogens (primary N) is 2. The predicted octanol–water partition coefficient (Wildman–Crippen LogP) is 4.09. The van der Waals surface area contributed by atoms with Crippen molar-refractivity contribution in [3.8, 4) is 17.1 Å². The molecule has 0 saturated carbocycles. The minimum atomic E-state index is 0.372. The highest BCUT2D eigenvalue weighted by atomic mass is 35.5. The number of ether oxygens (including phenoxy) is 1. The molecule has 0 saturated heterocycles. The first-order valence-corrected chi connectivity index (χ1v) is 8.62. The van der Waals surface area contributed by atoms with Crippen molar-refractivity contribution >= 4 is 34.0 Å². The van der Waals surface area contributed by atoms with E-state index < -0.39 is 0 Å². The molecule has 0 amide bonds. The first-order chi connectivity index (χ1) is 13.1. The van der Waals surface area contributed by atoms with Crippen LogP contribution in [0.5, 0.6) is 5.75 Å². The number of halogens is 1. The fourth-order valence-corrected chi connectivity index (χ4v) is 2.93. The summed E-state index contributed by atoms with van der Waals surface area (Å²) >= 11 is 6.38. The Balaban J connectivity index is 1.62. The molecule has 27 heavy (non-hydrogen) atoms. The number of hydrogen-bond donors (Lipinski definition) is 2. The highest BCUT2D eigenvalue weighted by Gasteiger charge is 2.11. The van der Waals surface area contributed by atoms with Gasteiger partial charge in [0.2, 0.25) is 0 Å². The summed E-state index contributed by atoms with van der Waals surface area (Å²) in [6.45, 7) is 0.405. The molecule has 0 fully saturated rings. The molecule has 0 aliphatic rings. The molecule has 0 unspecified atom stereocenters. The number of hydrogen-bond acceptors (Lipinski definition) is 6. The molecule has 4 N–H and O–H groups in total. The van der Waals surface area contributed by atoms with Gasteiger partial charge in [0, 0.05) is 29.0 Å². The molecule has 134 valence electrons. The number of nitrogen functional groups attached to an aromatic ring is 2. The van der Waals surface area contributed by atoms with E-state index in [1.807, 2.05) is 24.3 Å². The zero-order chi connectivity index (χ0) is 18.8. The van der Waals surface area contributed by atoms with Gasteiger partial charge in [-0.1, -0.05) is 11.6 Å². The Kier molecular flexibility index (Phi) is 4.48. The highest BCUT2D eigenvalue weighted by molar-refractivity contribution is 6.32. The summed E-state index contributed by atoms with van der Waals surface area (Å²) in [7, 11) is 0. The summed E-state index contributed by atoms with van der Waals surface area (Å²) in [5.74, 6) is 1.45. The van der Waals surface area contributed by atoms with Crippen molar-refractivity contribution in [3.63, 3.8) is 0 Å². The Morgan fingerprint density at radius 1 is 0.926 bits per heavy atom. The zero-order valence-electron chi connectivity index (χ0n) is 14.3. The van der Waals surface area contributed by atoms with Crippen LogP contribution in [0.25, 0.3) is 22.3 Å². The van der Waals surface area contributed by atoms with Crippen molar-refractivity contribution in [2.24, 2.45) is 0 Å². The van der Waals surface area contributed by atoms with Crippen LogP contribution >= 0.6 is 11.6 Å². The second kappa shape index (κ2) is 7.09. The van der Waals surface area contributed by atoms with E-state index in [1.54, 1.807) is 36.7 Å². The van der Waals surface area contributed by atoms with Crippen LogP contribution in [0.3, 0.4) is 0 Å². The Bertz CT molecular complexity index is 1120. The summed E-state index contributed by atoms with van der Waals surface area (Å²) in [4.78, 5) is 12.9. The van der Waals surface area contributed by atoms with E-state index in [-0.39, 0.29) is 0 Å². The third-order valence-corrected chi connectivity index (χ3v) is 4.38. The fourth-order valence-electron chi connectivity index (χ4n) is 2.70. The number of benzene rings is 2.